The molecular weight excluding hydrogens is 840 g/mol. The highest BCUT2D eigenvalue weighted by Crippen LogP contribution is 2.08. The van der Waals surface area contributed by atoms with Crippen molar-refractivity contribution in [2.75, 3.05) is 19.8 Å². The first-order valence-electron chi connectivity index (χ1n) is 18.7. The summed E-state index contributed by atoms with van der Waals surface area (Å²) in [6.07, 6.45) is -4.75. The summed E-state index contributed by atoms with van der Waals surface area (Å²) in [5, 5.41) is 89.4. The van der Waals surface area contributed by atoms with E-state index in [1.807, 2.05) is 26.6 Å². The first kappa shape index (κ1) is 55.5. The normalized spacial score (nSPS) is 15.2. The van der Waals surface area contributed by atoms with E-state index in [1.54, 1.807) is 13.8 Å². The van der Waals surface area contributed by atoms with Gasteiger partial charge in [0.2, 0.25) is 41.4 Å². The summed E-state index contributed by atoms with van der Waals surface area (Å²) in [6.45, 7) is -0.266. The van der Waals surface area contributed by atoms with Gasteiger partial charge in [-0.1, -0.05) is 20.3 Å². The maximum Gasteiger partial charge on any atom is 0.326 e. The SMILES string of the molecule is CC[C@H](C)[C@H](N)C(=O)N[C@@H](CCC(=O)O)C(=O)N[C@@H](CO)C(=O)N[C@@H](CO)C(=O)N[C@@H](CO)C(=O)N[C@@H](CC(=O)O)C(=O)N[C@@H](CCC(=O)O)C(=O)N[C@@H](CCC(=O)O)C(=O)O. The summed E-state index contributed by atoms with van der Waals surface area (Å²) in [5.41, 5.74) is 5.88. The van der Waals surface area contributed by atoms with Crippen LogP contribution in [0, 0.1) is 5.92 Å². The first-order valence-corrected chi connectivity index (χ1v) is 18.7. The number of hydrogen-bond donors (Lipinski definition) is 16. The number of carboxylic acid groups (broad SMARTS) is 5. The predicted molar refractivity (Wildman–Crippen MR) is 203 cm³/mol. The number of rotatable bonds is 31. The second kappa shape index (κ2) is 28.1. The zero-order valence-electron chi connectivity index (χ0n) is 33.5. The number of carbonyl (C=O) groups excluding carboxylic acids is 7. The molecule has 0 aromatic heterocycles. The molecule has 0 aliphatic rings. The Morgan fingerprint density at radius 2 is 0.694 bits per heavy atom. The van der Waals surface area contributed by atoms with Crippen LogP contribution in [0.5, 0.6) is 0 Å². The fourth-order valence-corrected chi connectivity index (χ4v) is 4.98. The fraction of sp³-hybridized carbons (Fsp3) is 0.647. The van der Waals surface area contributed by atoms with Crippen molar-refractivity contribution in [3.05, 3.63) is 0 Å². The van der Waals surface area contributed by atoms with E-state index in [1.165, 1.54) is 0 Å². The van der Waals surface area contributed by atoms with E-state index in [0.29, 0.717) is 6.42 Å². The van der Waals surface area contributed by atoms with Gasteiger partial charge in [-0.3, -0.25) is 52.7 Å². The number of aliphatic carboxylic acids is 5. The number of nitrogens with one attached hydrogen (secondary N) is 7. The van der Waals surface area contributed by atoms with Crippen LogP contribution in [0.1, 0.15) is 65.2 Å². The minimum atomic E-state index is -2.13. The van der Waals surface area contributed by atoms with Gasteiger partial charge >= 0.3 is 29.8 Å². The molecule has 0 fully saturated rings. The third-order valence-corrected chi connectivity index (χ3v) is 8.84. The third-order valence-electron chi connectivity index (χ3n) is 8.84. The molecule has 0 heterocycles. The van der Waals surface area contributed by atoms with E-state index in [2.05, 4.69) is 10.6 Å². The van der Waals surface area contributed by atoms with Crippen molar-refractivity contribution in [2.24, 2.45) is 11.7 Å². The van der Waals surface area contributed by atoms with Crippen LogP contribution in [0.3, 0.4) is 0 Å². The lowest BCUT2D eigenvalue weighted by Crippen LogP contribution is -2.62. The second-order valence-electron chi connectivity index (χ2n) is 13.6. The van der Waals surface area contributed by atoms with Gasteiger partial charge in [-0.15, -0.1) is 0 Å². The van der Waals surface area contributed by atoms with Gasteiger partial charge in [-0.2, -0.15) is 0 Å². The zero-order valence-corrected chi connectivity index (χ0v) is 33.5. The molecule has 62 heavy (non-hydrogen) atoms. The van der Waals surface area contributed by atoms with Gasteiger partial charge in [0.25, 0.3) is 0 Å². The number of amides is 7. The Kier molecular flexibility index (Phi) is 25.1. The lowest BCUT2D eigenvalue weighted by Gasteiger charge is -2.26. The summed E-state index contributed by atoms with van der Waals surface area (Å²) < 4.78 is 0. The van der Waals surface area contributed by atoms with Gasteiger partial charge in [-0.25, -0.2) is 4.79 Å². The van der Waals surface area contributed by atoms with E-state index in [9.17, 15) is 83.1 Å². The van der Waals surface area contributed by atoms with Crippen LogP contribution in [0.25, 0.3) is 0 Å². The average molecular weight is 895 g/mol. The number of carboxylic acids is 5. The van der Waals surface area contributed by atoms with E-state index in [4.69, 9.17) is 21.1 Å². The van der Waals surface area contributed by atoms with Crippen LogP contribution in [-0.2, 0) is 57.5 Å². The maximum absolute atomic E-state index is 13.2. The number of nitrogens with two attached hydrogens (primary N) is 1. The van der Waals surface area contributed by atoms with Crippen LogP contribution in [0.4, 0.5) is 0 Å². The summed E-state index contributed by atoms with van der Waals surface area (Å²) in [6, 6.07) is -14.5. The molecule has 17 N–H and O–H groups in total. The Bertz CT molecular complexity index is 1650. The van der Waals surface area contributed by atoms with Gasteiger partial charge in [0, 0.05) is 19.3 Å². The van der Waals surface area contributed by atoms with Gasteiger partial charge < -0.3 is 83.8 Å². The molecule has 0 aliphatic carbocycles. The topological polar surface area (TPSA) is 477 Å². The predicted octanol–water partition coefficient (Wildman–Crippen LogP) is -7.12. The largest absolute Gasteiger partial charge is 0.481 e. The molecule has 350 valence electrons. The smallest absolute Gasteiger partial charge is 0.326 e. The second-order valence-corrected chi connectivity index (χ2v) is 13.6. The van der Waals surface area contributed by atoms with E-state index in [-0.39, 0.29) is 5.92 Å². The molecule has 0 spiro atoms. The molecule has 28 heteroatoms. The van der Waals surface area contributed by atoms with Gasteiger partial charge in [0.1, 0.15) is 42.3 Å². The third kappa shape index (κ3) is 20.6. The fourth-order valence-electron chi connectivity index (χ4n) is 4.98. The standard InChI is InChI=1S/C34H54N8O20/c1-3-14(2)26(35)33(60)37-16(5-8-23(48)49)28(55)40-20(12-44)31(58)42-21(13-45)32(59)41-19(11-43)30(57)39-18(10-25(52)53)29(56)36-15(4-7-22(46)47)27(54)38-17(34(61)62)6-9-24(50)51/h14-21,26,43-45H,3-13,35H2,1-2H3,(H,36,56)(H,37,60)(H,38,54)(H,39,57)(H,40,55)(H,41,59)(H,42,58)(H,46,47)(H,48,49)(H,50,51)(H,52,53)(H,61,62)/t14-,15-,16-,17-,18-,19-,20-,21-,26-/m0/s1. The zero-order chi connectivity index (χ0) is 47.9. The Morgan fingerprint density at radius 3 is 1.00 bits per heavy atom. The summed E-state index contributed by atoms with van der Waals surface area (Å²) in [7, 11) is 0. The minimum absolute atomic E-state index is 0.353. The Morgan fingerprint density at radius 1 is 0.419 bits per heavy atom. The molecular formula is C34H54N8O20. The molecule has 0 aromatic rings. The molecule has 0 saturated heterocycles. The summed E-state index contributed by atoms with van der Waals surface area (Å²) >= 11 is 0. The quantitative estimate of drug-likeness (QED) is 0.0307. The highest BCUT2D eigenvalue weighted by atomic mass is 16.4. The summed E-state index contributed by atoms with van der Waals surface area (Å²) in [4.78, 5) is 147. The molecule has 28 nitrogen and oxygen atoms in total. The Balaban J connectivity index is 6.03. The van der Waals surface area contributed by atoms with Crippen LogP contribution >= 0.6 is 0 Å². The molecule has 0 bridgehead atoms. The highest BCUT2D eigenvalue weighted by molar-refractivity contribution is 5.98. The van der Waals surface area contributed by atoms with Crippen molar-refractivity contribution in [1.29, 1.82) is 0 Å². The molecule has 0 saturated carbocycles. The van der Waals surface area contributed by atoms with E-state index in [0.717, 1.165) is 0 Å². The van der Waals surface area contributed by atoms with Crippen molar-refractivity contribution in [3.8, 4) is 0 Å². The van der Waals surface area contributed by atoms with Crippen LogP contribution in [-0.4, -0.2) is 180 Å². The molecule has 0 aromatic carbocycles. The van der Waals surface area contributed by atoms with E-state index < -0.39 is 184 Å². The van der Waals surface area contributed by atoms with Crippen molar-refractivity contribution in [3.63, 3.8) is 0 Å². The number of aliphatic hydroxyl groups is 3. The minimum Gasteiger partial charge on any atom is -0.481 e. The highest BCUT2D eigenvalue weighted by Gasteiger charge is 2.35. The molecule has 0 radical (unpaired) electrons. The van der Waals surface area contributed by atoms with Crippen molar-refractivity contribution in [1.82, 2.24) is 37.2 Å². The molecule has 0 unspecified atom stereocenters. The lowest BCUT2D eigenvalue weighted by molar-refractivity contribution is -0.145. The summed E-state index contributed by atoms with van der Waals surface area (Å²) in [5.74, 6) is -17.0. The monoisotopic (exact) mass is 894 g/mol. The molecule has 9 atom stereocenters. The number of carbonyl (C=O) groups is 12. The Labute approximate surface area is 351 Å². The molecule has 0 rings (SSSR count). The van der Waals surface area contributed by atoms with Crippen LogP contribution in [0.2, 0.25) is 0 Å². The van der Waals surface area contributed by atoms with E-state index >= 15 is 0 Å². The number of aliphatic hydroxyl groups excluding tert-OH is 3. The van der Waals surface area contributed by atoms with Crippen molar-refractivity contribution in [2.45, 2.75) is 114 Å². The Hall–Kier alpha value is -6.52. The van der Waals surface area contributed by atoms with Crippen molar-refractivity contribution < 1.29 is 98.4 Å². The lowest BCUT2D eigenvalue weighted by atomic mass is 9.98. The maximum atomic E-state index is 13.2. The van der Waals surface area contributed by atoms with Crippen molar-refractivity contribution >= 4 is 71.2 Å². The van der Waals surface area contributed by atoms with Gasteiger partial charge in [0.15, 0.2) is 0 Å². The first-order chi connectivity index (χ1) is 28.9. The van der Waals surface area contributed by atoms with Crippen LogP contribution < -0.4 is 43.0 Å². The van der Waals surface area contributed by atoms with Gasteiger partial charge in [-0.05, 0) is 25.2 Å². The number of hydrogen-bond acceptors (Lipinski definition) is 16. The van der Waals surface area contributed by atoms with Crippen LogP contribution in [0.15, 0.2) is 0 Å². The molecule has 7 amide bonds. The average Bonchev–Trinajstić information content (AvgIpc) is 3.20. The molecule has 0 aliphatic heterocycles. The van der Waals surface area contributed by atoms with Gasteiger partial charge in [0.05, 0.1) is 32.3 Å².